The molecule has 1 aliphatic rings. The average Bonchev–Trinajstić information content (AvgIpc) is 2.84. The summed E-state index contributed by atoms with van der Waals surface area (Å²) in [5.41, 5.74) is 14.4. The second kappa shape index (κ2) is 6.76. The highest BCUT2D eigenvalue weighted by Crippen LogP contribution is 2.32. The summed E-state index contributed by atoms with van der Waals surface area (Å²) in [4.78, 5) is 20.5. The van der Waals surface area contributed by atoms with Crippen molar-refractivity contribution in [3.8, 4) is 11.3 Å². The Morgan fingerprint density at radius 1 is 1.19 bits per heavy atom. The van der Waals surface area contributed by atoms with E-state index in [1.807, 2.05) is 22.7 Å². The topological polar surface area (TPSA) is 111 Å². The second-order valence-electron chi connectivity index (χ2n) is 6.65. The van der Waals surface area contributed by atoms with Gasteiger partial charge in [0.05, 0.1) is 6.04 Å². The lowest BCUT2D eigenvalue weighted by molar-refractivity contribution is 0.100. The molecule has 0 radical (unpaired) electrons. The van der Waals surface area contributed by atoms with Gasteiger partial charge >= 0.3 is 0 Å². The predicted molar refractivity (Wildman–Crippen MR) is 101 cm³/mol. The van der Waals surface area contributed by atoms with E-state index in [2.05, 4.69) is 10.3 Å². The van der Waals surface area contributed by atoms with Crippen LogP contribution >= 0.6 is 0 Å². The van der Waals surface area contributed by atoms with Crippen molar-refractivity contribution in [3.05, 3.63) is 48.0 Å². The molecule has 0 saturated carbocycles. The zero-order valence-electron chi connectivity index (χ0n) is 14.5. The quantitative estimate of drug-likeness (QED) is 0.671. The number of rotatable bonds is 3. The monoisotopic (exact) mass is 350 g/mol. The first-order valence-electron chi connectivity index (χ1n) is 8.91. The number of hydrogen-bond donors (Lipinski definition) is 3. The molecule has 5 N–H and O–H groups in total. The number of amides is 1. The van der Waals surface area contributed by atoms with Crippen LogP contribution in [0.15, 0.2) is 36.7 Å². The van der Waals surface area contributed by atoms with Gasteiger partial charge in [-0.1, -0.05) is 25.0 Å². The average molecular weight is 350 g/mol. The number of imidazole rings is 1. The lowest BCUT2D eigenvalue weighted by atomic mass is 10.1. The Morgan fingerprint density at radius 2 is 2.00 bits per heavy atom. The number of fused-ring (bicyclic) bond motifs is 1. The van der Waals surface area contributed by atoms with Crippen LogP contribution in [0.5, 0.6) is 0 Å². The minimum absolute atomic E-state index is 0.186. The van der Waals surface area contributed by atoms with Gasteiger partial charge in [-0.15, -0.1) is 0 Å². The van der Waals surface area contributed by atoms with Crippen LogP contribution in [-0.2, 0) is 0 Å². The Morgan fingerprint density at radius 3 is 2.77 bits per heavy atom. The van der Waals surface area contributed by atoms with Gasteiger partial charge in [0.15, 0.2) is 0 Å². The van der Waals surface area contributed by atoms with Gasteiger partial charge in [-0.25, -0.2) is 9.97 Å². The first-order valence-corrected chi connectivity index (χ1v) is 8.91. The fraction of sp³-hybridized carbons (Fsp3) is 0.316. The third kappa shape index (κ3) is 2.90. The van der Waals surface area contributed by atoms with Crippen molar-refractivity contribution in [3.63, 3.8) is 0 Å². The van der Waals surface area contributed by atoms with Gasteiger partial charge in [0, 0.05) is 23.5 Å². The van der Waals surface area contributed by atoms with E-state index in [1.165, 1.54) is 19.3 Å². The molecule has 2 aromatic heterocycles. The number of nitrogens with one attached hydrogen (secondary N) is 1. The third-order valence-corrected chi connectivity index (χ3v) is 4.93. The summed E-state index contributed by atoms with van der Waals surface area (Å²) >= 11 is 0. The van der Waals surface area contributed by atoms with Crippen molar-refractivity contribution in [2.24, 2.45) is 5.73 Å². The van der Waals surface area contributed by atoms with E-state index in [9.17, 15) is 4.79 Å². The maximum atomic E-state index is 11.3. The number of anilines is 1. The van der Waals surface area contributed by atoms with E-state index >= 15 is 0 Å². The zero-order chi connectivity index (χ0) is 18.1. The minimum Gasteiger partial charge on any atom is -0.382 e. The van der Waals surface area contributed by atoms with Crippen molar-refractivity contribution in [1.29, 1.82) is 0 Å². The molecule has 0 bridgehead atoms. The van der Waals surface area contributed by atoms with Crippen LogP contribution in [0.4, 0.5) is 5.82 Å². The Kier molecular flexibility index (Phi) is 4.30. The molecule has 1 aliphatic heterocycles. The van der Waals surface area contributed by atoms with Crippen molar-refractivity contribution >= 4 is 17.2 Å². The van der Waals surface area contributed by atoms with Crippen molar-refractivity contribution in [2.75, 3.05) is 12.3 Å². The highest BCUT2D eigenvalue weighted by atomic mass is 16.1. The molecule has 1 atom stereocenters. The van der Waals surface area contributed by atoms with Crippen LogP contribution in [0.3, 0.4) is 0 Å². The maximum absolute atomic E-state index is 11.3. The zero-order valence-corrected chi connectivity index (χ0v) is 14.5. The Balaban J connectivity index is 1.85. The second-order valence-corrected chi connectivity index (χ2v) is 6.65. The van der Waals surface area contributed by atoms with E-state index < -0.39 is 5.91 Å². The Hall–Kier alpha value is -2.93. The summed E-state index contributed by atoms with van der Waals surface area (Å²) in [7, 11) is 0. The molecule has 26 heavy (non-hydrogen) atoms. The van der Waals surface area contributed by atoms with Gasteiger partial charge in [0.25, 0.3) is 0 Å². The summed E-state index contributed by atoms with van der Waals surface area (Å²) in [6, 6.07) is 7.29. The van der Waals surface area contributed by atoms with Crippen LogP contribution in [0.25, 0.3) is 16.8 Å². The fourth-order valence-corrected chi connectivity index (χ4v) is 3.58. The number of benzene rings is 1. The Labute approximate surface area is 151 Å². The van der Waals surface area contributed by atoms with Crippen molar-refractivity contribution in [2.45, 2.75) is 31.7 Å². The highest BCUT2D eigenvalue weighted by Gasteiger charge is 2.23. The van der Waals surface area contributed by atoms with E-state index in [0.717, 1.165) is 35.6 Å². The lowest BCUT2D eigenvalue weighted by Crippen LogP contribution is -2.22. The molecule has 1 aromatic carbocycles. The molecule has 7 heteroatoms. The number of nitrogens with zero attached hydrogens (tertiary/aromatic N) is 3. The number of primary amides is 1. The fourth-order valence-electron chi connectivity index (χ4n) is 3.58. The number of aromatic nitrogens is 3. The normalized spacial score (nSPS) is 17.9. The standard InChI is InChI=1S/C19H22N6O/c20-17-16-15(12-5-7-13(8-6-12)18(21)26)24-19(25(16)11-10-23-17)14-4-2-1-3-9-22-14/h5-8,10-11,14,22H,1-4,9H2,(H2,20,23)(H2,21,26). The van der Waals surface area contributed by atoms with Gasteiger partial charge in [0.2, 0.25) is 5.91 Å². The van der Waals surface area contributed by atoms with Crippen LogP contribution in [0.1, 0.15) is 47.9 Å². The van der Waals surface area contributed by atoms with Crippen LogP contribution in [0.2, 0.25) is 0 Å². The molecule has 3 aromatic rings. The molecule has 4 rings (SSSR count). The van der Waals surface area contributed by atoms with Gasteiger partial charge in [-0.2, -0.15) is 0 Å². The number of nitrogen functional groups attached to an aromatic ring is 1. The maximum Gasteiger partial charge on any atom is 0.248 e. The lowest BCUT2D eigenvalue weighted by Gasteiger charge is -2.14. The Bertz CT molecular complexity index is 939. The smallest absolute Gasteiger partial charge is 0.248 e. The van der Waals surface area contributed by atoms with E-state index in [0.29, 0.717) is 11.4 Å². The van der Waals surface area contributed by atoms with E-state index in [4.69, 9.17) is 16.5 Å². The molecule has 134 valence electrons. The largest absolute Gasteiger partial charge is 0.382 e. The van der Waals surface area contributed by atoms with E-state index in [1.54, 1.807) is 18.3 Å². The first kappa shape index (κ1) is 16.5. The number of nitrogens with two attached hydrogens (primary N) is 2. The van der Waals surface area contributed by atoms with E-state index in [-0.39, 0.29) is 6.04 Å². The molecule has 3 heterocycles. The molecule has 1 saturated heterocycles. The summed E-state index contributed by atoms with van der Waals surface area (Å²) in [6.07, 6.45) is 8.24. The number of carbonyl (C=O) groups is 1. The molecule has 1 fully saturated rings. The SMILES string of the molecule is NC(=O)c1ccc(-c2nc(C3CCCCCN3)n3ccnc(N)c23)cc1. The summed E-state index contributed by atoms with van der Waals surface area (Å²) in [5.74, 6) is 0.939. The number of hydrogen-bond acceptors (Lipinski definition) is 5. The van der Waals surface area contributed by atoms with Crippen LogP contribution in [-0.4, -0.2) is 26.8 Å². The molecular weight excluding hydrogens is 328 g/mol. The molecular formula is C19H22N6O. The van der Waals surface area contributed by atoms with Gasteiger partial charge in [-0.3, -0.25) is 9.20 Å². The van der Waals surface area contributed by atoms with Crippen LogP contribution < -0.4 is 16.8 Å². The molecule has 1 unspecified atom stereocenters. The highest BCUT2D eigenvalue weighted by molar-refractivity contribution is 5.94. The van der Waals surface area contributed by atoms with Gasteiger partial charge in [0.1, 0.15) is 22.9 Å². The van der Waals surface area contributed by atoms with Crippen molar-refractivity contribution < 1.29 is 4.79 Å². The third-order valence-electron chi connectivity index (χ3n) is 4.93. The number of carbonyl (C=O) groups excluding carboxylic acids is 1. The molecule has 0 spiro atoms. The minimum atomic E-state index is -0.448. The summed E-state index contributed by atoms with van der Waals surface area (Å²) in [6.45, 7) is 0.989. The molecule has 1 amide bonds. The summed E-state index contributed by atoms with van der Waals surface area (Å²) < 4.78 is 2.03. The predicted octanol–water partition coefficient (Wildman–Crippen LogP) is 2.28. The molecule has 0 aliphatic carbocycles. The van der Waals surface area contributed by atoms with Gasteiger partial charge in [-0.05, 0) is 31.5 Å². The van der Waals surface area contributed by atoms with Crippen molar-refractivity contribution in [1.82, 2.24) is 19.7 Å². The molecule has 7 nitrogen and oxygen atoms in total. The van der Waals surface area contributed by atoms with Gasteiger partial charge < -0.3 is 16.8 Å². The summed E-state index contributed by atoms with van der Waals surface area (Å²) in [5, 5.41) is 3.59. The first-order chi connectivity index (χ1) is 12.6. The van der Waals surface area contributed by atoms with Crippen LogP contribution in [0, 0.1) is 0 Å².